The highest BCUT2D eigenvalue weighted by molar-refractivity contribution is 6.31. The third-order valence-corrected chi connectivity index (χ3v) is 2.17. The Morgan fingerprint density at radius 1 is 1.59 bits per heavy atom. The number of nitrogens with zero attached hydrogens (tertiary/aromatic N) is 1. The average molecular weight is 266 g/mol. The Kier molecular flexibility index (Phi) is 4.62. The largest absolute Gasteiger partial charge is 0.480 e. The molecule has 0 fully saturated rings. The number of rotatable bonds is 4. The summed E-state index contributed by atoms with van der Waals surface area (Å²) in [4.78, 5) is 15.0. The van der Waals surface area contributed by atoms with Crippen LogP contribution in [0.15, 0.2) is 6.07 Å². The van der Waals surface area contributed by atoms with E-state index in [1.165, 1.54) is 7.11 Å². The third kappa shape index (κ3) is 3.03. The molecule has 7 heteroatoms. The molecule has 0 bridgehead atoms. The summed E-state index contributed by atoms with van der Waals surface area (Å²) in [6.45, 7) is 1.77. The number of aromatic nitrogens is 1. The zero-order chi connectivity index (χ0) is 13.0. The predicted octanol–water partition coefficient (Wildman–Crippen LogP) is 2.86. The number of methoxy groups -OCH3 is 1. The molecule has 94 valence electrons. The first-order valence-corrected chi connectivity index (χ1v) is 5.08. The first-order valence-electron chi connectivity index (χ1n) is 4.71. The summed E-state index contributed by atoms with van der Waals surface area (Å²) < 4.78 is 34.5. The van der Waals surface area contributed by atoms with E-state index >= 15 is 0 Å². The van der Waals surface area contributed by atoms with Crippen LogP contribution in [0, 0.1) is 0 Å². The Morgan fingerprint density at radius 3 is 2.71 bits per heavy atom. The number of carbonyl (C=O) groups excluding carboxylic acids is 1. The normalized spacial score (nSPS) is 10.5. The van der Waals surface area contributed by atoms with Crippen LogP contribution in [0.3, 0.4) is 0 Å². The fraction of sp³-hybridized carbons (Fsp3) is 0.400. The molecular weight excluding hydrogens is 256 g/mol. The Morgan fingerprint density at radius 2 is 2.24 bits per heavy atom. The molecule has 0 spiro atoms. The van der Waals surface area contributed by atoms with Crippen LogP contribution in [0.25, 0.3) is 0 Å². The molecule has 1 aromatic rings. The van der Waals surface area contributed by atoms with E-state index < -0.39 is 18.1 Å². The molecule has 0 radical (unpaired) electrons. The van der Waals surface area contributed by atoms with Gasteiger partial charge in [-0.2, -0.15) is 0 Å². The molecule has 0 saturated carbocycles. The van der Waals surface area contributed by atoms with Crippen molar-refractivity contribution in [3.8, 4) is 5.88 Å². The molecule has 0 aliphatic heterocycles. The summed E-state index contributed by atoms with van der Waals surface area (Å²) in [6.07, 6.45) is -2.84. The number of esters is 1. The van der Waals surface area contributed by atoms with E-state index in [0.717, 1.165) is 6.07 Å². The minimum atomic E-state index is -2.84. The average Bonchev–Trinajstić information content (AvgIpc) is 2.28. The molecule has 17 heavy (non-hydrogen) atoms. The maximum Gasteiger partial charge on any atom is 0.343 e. The number of ether oxygens (including phenoxy) is 2. The Bertz CT molecular complexity index is 426. The van der Waals surface area contributed by atoms with Gasteiger partial charge in [0.05, 0.1) is 18.7 Å². The van der Waals surface area contributed by atoms with Crippen molar-refractivity contribution < 1.29 is 23.0 Å². The van der Waals surface area contributed by atoms with E-state index in [1.54, 1.807) is 6.92 Å². The van der Waals surface area contributed by atoms with E-state index in [-0.39, 0.29) is 23.1 Å². The van der Waals surface area contributed by atoms with Gasteiger partial charge in [-0.05, 0) is 13.0 Å². The summed E-state index contributed by atoms with van der Waals surface area (Å²) in [7, 11) is 1.22. The monoisotopic (exact) mass is 265 g/mol. The lowest BCUT2D eigenvalue weighted by atomic mass is 10.2. The molecular formula is C10H10ClF2NO3. The van der Waals surface area contributed by atoms with Crippen molar-refractivity contribution in [2.45, 2.75) is 13.3 Å². The van der Waals surface area contributed by atoms with Gasteiger partial charge in [0.2, 0.25) is 5.88 Å². The van der Waals surface area contributed by atoms with Crippen molar-refractivity contribution in [3.63, 3.8) is 0 Å². The van der Waals surface area contributed by atoms with Crippen molar-refractivity contribution in [1.82, 2.24) is 4.98 Å². The van der Waals surface area contributed by atoms with Gasteiger partial charge >= 0.3 is 5.97 Å². The smallest absolute Gasteiger partial charge is 0.343 e. The van der Waals surface area contributed by atoms with Crippen molar-refractivity contribution in [2.75, 3.05) is 13.7 Å². The second kappa shape index (κ2) is 5.77. The van der Waals surface area contributed by atoms with Gasteiger partial charge in [-0.3, -0.25) is 0 Å². The molecule has 0 aromatic carbocycles. The Hall–Kier alpha value is -1.43. The van der Waals surface area contributed by atoms with Crippen LogP contribution in [0.4, 0.5) is 8.78 Å². The van der Waals surface area contributed by atoms with E-state index in [0.29, 0.717) is 0 Å². The predicted molar refractivity (Wildman–Crippen MR) is 56.7 cm³/mol. The maximum absolute atomic E-state index is 12.5. The second-order valence-electron chi connectivity index (χ2n) is 2.93. The summed E-state index contributed by atoms with van der Waals surface area (Å²) >= 11 is 5.59. The van der Waals surface area contributed by atoms with E-state index in [9.17, 15) is 13.6 Å². The van der Waals surface area contributed by atoms with Gasteiger partial charge in [-0.25, -0.2) is 18.6 Å². The molecule has 0 atom stereocenters. The van der Waals surface area contributed by atoms with Crippen molar-refractivity contribution in [1.29, 1.82) is 0 Å². The van der Waals surface area contributed by atoms with Gasteiger partial charge in [-0.1, -0.05) is 11.6 Å². The number of hydrogen-bond acceptors (Lipinski definition) is 4. The highest BCUT2D eigenvalue weighted by atomic mass is 35.5. The minimum Gasteiger partial charge on any atom is -0.480 e. The first kappa shape index (κ1) is 13.6. The molecule has 4 nitrogen and oxygen atoms in total. The van der Waals surface area contributed by atoms with Crippen LogP contribution in [0.5, 0.6) is 5.88 Å². The van der Waals surface area contributed by atoms with Crippen LogP contribution in [-0.4, -0.2) is 24.7 Å². The summed E-state index contributed by atoms with van der Waals surface area (Å²) in [6, 6.07) is 1.06. The van der Waals surface area contributed by atoms with Gasteiger partial charge in [0.25, 0.3) is 6.43 Å². The van der Waals surface area contributed by atoms with Gasteiger partial charge < -0.3 is 9.47 Å². The SMILES string of the molecule is CCOC(=O)c1cc(Cl)c(C(F)F)nc1OC. The van der Waals surface area contributed by atoms with E-state index in [1.807, 2.05) is 0 Å². The summed E-state index contributed by atoms with van der Waals surface area (Å²) in [5.74, 6) is -0.956. The Balaban J connectivity index is 3.23. The quantitative estimate of drug-likeness (QED) is 0.786. The molecule has 1 aromatic heterocycles. The number of alkyl halides is 2. The van der Waals surface area contributed by atoms with E-state index in [2.05, 4.69) is 4.98 Å². The van der Waals surface area contributed by atoms with Crippen LogP contribution >= 0.6 is 11.6 Å². The maximum atomic E-state index is 12.5. The fourth-order valence-electron chi connectivity index (χ4n) is 1.15. The van der Waals surface area contributed by atoms with Gasteiger partial charge in [0.1, 0.15) is 11.3 Å². The number of hydrogen-bond donors (Lipinski definition) is 0. The molecule has 0 amide bonds. The molecule has 0 saturated heterocycles. The highest BCUT2D eigenvalue weighted by Gasteiger charge is 2.22. The lowest BCUT2D eigenvalue weighted by Crippen LogP contribution is -2.09. The van der Waals surface area contributed by atoms with Crippen molar-refractivity contribution in [3.05, 3.63) is 22.3 Å². The number of pyridine rings is 1. The van der Waals surface area contributed by atoms with Crippen LogP contribution in [0.1, 0.15) is 29.4 Å². The van der Waals surface area contributed by atoms with Gasteiger partial charge in [0, 0.05) is 0 Å². The summed E-state index contributed by atoms with van der Waals surface area (Å²) in [5.41, 5.74) is -0.708. The van der Waals surface area contributed by atoms with Crippen LogP contribution in [-0.2, 0) is 4.74 Å². The first-order chi connectivity index (χ1) is 8.01. The molecule has 0 unspecified atom stereocenters. The molecule has 0 aliphatic carbocycles. The highest BCUT2D eigenvalue weighted by Crippen LogP contribution is 2.30. The Labute approximate surface area is 101 Å². The lowest BCUT2D eigenvalue weighted by Gasteiger charge is -2.10. The standard InChI is InChI=1S/C10H10ClF2NO3/c1-3-17-10(15)5-4-6(11)7(8(12)13)14-9(5)16-2/h4,8H,3H2,1-2H3. The fourth-order valence-corrected chi connectivity index (χ4v) is 1.38. The van der Waals surface area contributed by atoms with E-state index in [4.69, 9.17) is 21.1 Å². The van der Waals surface area contributed by atoms with Gasteiger partial charge in [0.15, 0.2) is 0 Å². The number of carbonyl (C=O) groups is 1. The van der Waals surface area contributed by atoms with Crippen LogP contribution < -0.4 is 4.74 Å². The van der Waals surface area contributed by atoms with Gasteiger partial charge in [-0.15, -0.1) is 0 Å². The molecule has 0 N–H and O–H groups in total. The number of halogens is 3. The lowest BCUT2D eigenvalue weighted by molar-refractivity contribution is 0.0521. The molecule has 1 heterocycles. The zero-order valence-electron chi connectivity index (χ0n) is 9.17. The van der Waals surface area contributed by atoms with Crippen LogP contribution in [0.2, 0.25) is 5.02 Å². The third-order valence-electron chi connectivity index (χ3n) is 1.86. The minimum absolute atomic E-state index is 0.0799. The zero-order valence-corrected chi connectivity index (χ0v) is 9.92. The summed E-state index contributed by atoms with van der Waals surface area (Å²) in [5, 5.41) is -0.302. The topological polar surface area (TPSA) is 48.4 Å². The van der Waals surface area contributed by atoms with Crippen molar-refractivity contribution in [2.24, 2.45) is 0 Å². The second-order valence-corrected chi connectivity index (χ2v) is 3.34. The van der Waals surface area contributed by atoms with Crippen molar-refractivity contribution >= 4 is 17.6 Å². The molecule has 1 rings (SSSR count). The molecule has 0 aliphatic rings.